The molecule has 160 valence electrons. The summed E-state index contributed by atoms with van der Waals surface area (Å²) >= 11 is 0. The highest BCUT2D eigenvalue weighted by Gasteiger charge is 2.44. The average Bonchev–Trinajstić information content (AvgIpc) is 3.18. The van der Waals surface area contributed by atoms with Crippen LogP contribution in [0.4, 0.5) is 4.79 Å². The standard InChI is InChI=1S/C20H24N4O5S/c1-20(18(25)21-27,30(3,28)29)8-9-23-14-17-10-15(13-24(17)19(23)26)6-4-5-7-16-11-22(2)12-16/h10,13,16,27H,8-9,11-12,14H2,1-3H3,(H,21,25)/t20-/m1/s1. The molecule has 1 atom stereocenters. The molecule has 0 aliphatic carbocycles. The van der Waals surface area contributed by atoms with E-state index in [2.05, 4.69) is 28.6 Å². The van der Waals surface area contributed by atoms with Crippen molar-refractivity contribution in [2.75, 3.05) is 32.9 Å². The number of nitrogens with one attached hydrogen (secondary N) is 1. The molecule has 2 amide bonds. The number of sulfone groups is 1. The van der Waals surface area contributed by atoms with Gasteiger partial charge >= 0.3 is 6.03 Å². The van der Waals surface area contributed by atoms with Crippen LogP contribution < -0.4 is 5.48 Å². The maximum absolute atomic E-state index is 12.6. The summed E-state index contributed by atoms with van der Waals surface area (Å²) in [7, 11) is -1.78. The van der Waals surface area contributed by atoms with E-state index in [1.807, 2.05) is 7.05 Å². The molecule has 1 aromatic rings. The van der Waals surface area contributed by atoms with Crippen molar-refractivity contribution in [1.29, 1.82) is 0 Å². The Morgan fingerprint density at radius 3 is 2.63 bits per heavy atom. The number of nitrogens with zero attached hydrogens (tertiary/aromatic N) is 3. The molecule has 2 N–H and O–H groups in total. The predicted octanol–water partition coefficient (Wildman–Crippen LogP) is -0.113. The van der Waals surface area contributed by atoms with Crippen molar-refractivity contribution < 1.29 is 23.2 Å². The summed E-state index contributed by atoms with van der Waals surface area (Å²) in [5, 5.41) is 8.89. The van der Waals surface area contributed by atoms with Crippen molar-refractivity contribution in [1.82, 2.24) is 19.8 Å². The summed E-state index contributed by atoms with van der Waals surface area (Å²) < 4.78 is 23.7. The Morgan fingerprint density at radius 2 is 2.07 bits per heavy atom. The molecule has 10 heteroatoms. The molecule has 2 aliphatic heterocycles. The van der Waals surface area contributed by atoms with Crippen LogP contribution in [0.5, 0.6) is 0 Å². The van der Waals surface area contributed by atoms with Gasteiger partial charge < -0.3 is 9.80 Å². The molecule has 1 fully saturated rings. The molecule has 2 aliphatic rings. The monoisotopic (exact) mass is 432 g/mol. The van der Waals surface area contributed by atoms with Gasteiger partial charge in [0.15, 0.2) is 14.6 Å². The minimum atomic E-state index is -3.82. The average molecular weight is 433 g/mol. The van der Waals surface area contributed by atoms with Crippen LogP contribution in [0.3, 0.4) is 0 Å². The largest absolute Gasteiger partial charge is 0.328 e. The topological polar surface area (TPSA) is 112 Å². The Kier molecular flexibility index (Phi) is 5.95. The second kappa shape index (κ2) is 8.15. The highest BCUT2D eigenvalue weighted by Crippen LogP contribution is 2.25. The van der Waals surface area contributed by atoms with E-state index in [4.69, 9.17) is 5.21 Å². The number of aromatic nitrogens is 1. The zero-order valence-electron chi connectivity index (χ0n) is 17.1. The van der Waals surface area contributed by atoms with Gasteiger partial charge in [-0.2, -0.15) is 0 Å². The van der Waals surface area contributed by atoms with E-state index in [1.165, 1.54) is 21.9 Å². The Labute approximate surface area is 175 Å². The zero-order valence-corrected chi connectivity index (χ0v) is 17.9. The van der Waals surface area contributed by atoms with Crippen molar-refractivity contribution in [3.05, 3.63) is 23.5 Å². The van der Waals surface area contributed by atoms with Crippen molar-refractivity contribution in [3.8, 4) is 23.7 Å². The fourth-order valence-electron chi connectivity index (χ4n) is 3.43. The molecule has 0 aromatic carbocycles. The maximum atomic E-state index is 12.6. The van der Waals surface area contributed by atoms with Gasteiger partial charge in [0, 0.05) is 49.3 Å². The predicted molar refractivity (Wildman–Crippen MR) is 109 cm³/mol. The SMILES string of the molecule is CN1CC(C#CC#Cc2cc3n(c2)C(=O)N(CC[C@](C)(C(=O)NO)S(C)(=O)=O)C3)C1. The van der Waals surface area contributed by atoms with Gasteiger partial charge in [-0.1, -0.05) is 11.8 Å². The molecule has 1 aromatic heterocycles. The summed E-state index contributed by atoms with van der Waals surface area (Å²) in [5.41, 5.74) is 2.81. The molecule has 30 heavy (non-hydrogen) atoms. The normalized spacial score (nSPS) is 18.4. The Bertz CT molecular complexity index is 1100. The lowest BCUT2D eigenvalue weighted by molar-refractivity contribution is -0.131. The molecule has 1 saturated heterocycles. The van der Waals surface area contributed by atoms with Crippen molar-refractivity contribution >= 4 is 21.8 Å². The summed E-state index contributed by atoms with van der Waals surface area (Å²) in [6.45, 7) is 3.46. The van der Waals surface area contributed by atoms with Gasteiger partial charge in [-0.3, -0.25) is 14.6 Å². The third kappa shape index (κ3) is 4.21. The first-order valence-electron chi connectivity index (χ1n) is 9.40. The van der Waals surface area contributed by atoms with Crippen LogP contribution in [-0.4, -0.2) is 77.6 Å². The second-order valence-electron chi connectivity index (χ2n) is 7.93. The van der Waals surface area contributed by atoms with E-state index in [1.54, 1.807) is 12.3 Å². The van der Waals surface area contributed by atoms with Crippen LogP contribution in [0.25, 0.3) is 0 Å². The number of fused-ring (bicyclic) bond motifs is 1. The number of rotatable bonds is 5. The second-order valence-corrected chi connectivity index (χ2v) is 10.4. The van der Waals surface area contributed by atoms with Crippen LogP contribution in [0.1, 0.15) is 24.6 Å². The quantitative estimate of drug-likeness (QED) is 0.381. The van der Waals surface area contributed by atoms with Crippen molar-refractivity contribution in [3.63, 3.8) is 0 Å². The number of hydroxylamine groups is 1. The van der Waals surface area contributed by atoms with E-state index < -0.39 is 20.5 Å². The molecule has 0 saturated carbocycles. The van der Waals surface area contributed by atoms with Gasteiger partial charge in [-0.05, 0) is 38.3 Å². The summed E-state index contributed by atoms with van der Waals surface area (Å²) in [5.74, 6) is 11.0. The summed E-state index contributed by atoms with van der Waals surface area (Å²) in [6.07, 6.45) is 2.40. The minimum absolute atomic E-state index is 0.0415. The molecule has 0 bridgehead atoms. The fraction of sp³-hybridized carbons (Fsp3) is 0.500. The molecule has 0 spiro atoms. The van der Waals surface area contributed by atoms with Crippen LogP contribution in [-0.2, 0) is 21.2 Å². The van der Waals surface area contributed by atoms with Gasteiger partial charge in [0.2, 0.25) is 0 Å². The zero-order chi connectivity index (χ0) is 22.1. The highest BCUT2D eigenvalue weighted by molar-refractivity contribution is 7.92. The smallest absolute Gasteiger partial charge is 0.318 e. The highest BCUT2D eigenvalue weighted by atomic mass is 32.2. The van der Waals surface area contributed by atoms with E-state index >= 15 is 0 Å². The lowest BCUT2D eigenvalue weighted by Gasteiger charge is -2.32. The van der Waals surface area contributed by atoms with Gasteiger partial charge in [0.1, 0.15) is 0 Å². The van der Waals surface area contributed by atoms with Crippen LogP contribution in [0.15, 0.2) is 12.3 Å². The van der Waals surface area contributed by atoms with Gasteiger partial charge in [-0.15, -0.1) is 0 Å². The van der Waals surface area contributed by atoms with E-state index in [-0.39, 0.29) is 25.5 Å². The van der Waals surface area contributed by atoms with Crippen molar-refractivity contribution in [2.45, 2.75) is 24.6 Å². The van der Waals surface area contributed by atoms with E-state index in [0.717, 1.165) is 25.0 Å². The van der Waals surface area contributed by atoms with Gasteiger partial charge in [0.25, 0.3) is 5.91 Å². The Morgan fingerprint density at radius 1 is 1.37 bits per heavy atom. The number of hydrogen-bond donors (Lipinski definition) is 2. The number of hydrogen-bond acceptors (Lipinski definition) is 6. The molecule has 9 nitrogen and oxygen atoms in total. The first kappa shape index (κ1) is 21.9. The molecular formula is C20H24N4O5S. The molecule has 0 unspecified atom stereocenters. The first-order chi connectivity index (χ1) is 14.0. The van der Waals surface area contributed by atoms with Crippen molar-refractivity contribution in [2.24, 2.45) is 5.92 Å². The van der Waals surface area contributed by atoms with E-state index in [9.17, 15) is 18.0 Å². The van der Waals surface area contributed by atoms with E-state index in [0.29, 0.717) is 11.5 Å². The lowest BCUT2D eigenvalue weighted by atomic mass is 10.0. The number of carbonyl (C=O) groups excluding carboxylic acids is 2. The van der Waals surface area contributed by atoms with Crippen LogP contribution in [0, 0.1) is 29.6 Å². The number of amides is 2. The summed E-state index contributed by atoms with van der Waals surface area (Å²) in [6, 6.07) is 1.47. The Hall–Kier alpha value is -2.79. The van der Waals surface area contributed by atoms with Gasteiger partial charge in [0.05, 0.1) is 6.54 Å². The minimum Gasteiger partial charge on any atom is -0.318 e. The Balaban J connectivity index is 1.63. The maximum Gasteiger partial charge on any atom is 0.328 e. The van der Waals surface area contributed by atoms with Crippen LogP contribution >= 0.6 is 0 Å². The molecule has 3 heterocycles. The fourth-order valence-corrected chi connectivity index (χ4v) is 4.28. The molecular weight excluding hydrogens is 408 g/mol. The first-order valence-corrected chi connectivity index (χ1v) is 11.3. The van der Waals surface area contributed by atoms with Gasteiger partial charge in [-0.25, -0.2) is 18.7 Å². The summed E-state index contributed by atoms with van der Waals surface area (Å²) in [4.78, 5) is 28.2. The number of likely N-dealkylation sites (tertiary alicyclic amines) is 1. The number of carbonyl (C=O) groups is 2. The van der Waals surface area contributed by atoms with Crippen LogP contribution in [0.2, 0.25) is 0 Å². The molecule has 3 rings (SSSR count). The third-order valence-corrected chi connectivity index (χ3v) is 7.62. The third-order valence-electron chi connectivity index (χ3n) is 5.60. The molecule has 0 radical (unpaired) electrons. The lowest BCUT2D eigenvalue weighted by Crippen LogP contribution is -2.50.